The van der Waals surface area contributed by atoms with Crippen LogP contribution < -0.4 is 4.74 Å². The highest BCUT2D eigenvalue weighted by Gasteiger charge is 2.19. The zero-order valence-electron chi connectivity index (χ0n) is 12.1. The Morgan fingerprint density at radius 3 is 2.33 bits per heavy atom. The fourth-order valence-corrected chi connectivity index (χ4v) is 2.55. The summed E-state index contributed by atoms with van der Waals surface area (Å²) in [6.45, 7) is 2.74. The minimum Gasteiger partial charge on any atom is -0.493 e. The first kappa shape index (κ1) is 16.0. The second-order valence-electron chi connectivity index (χ2n) is 4.80. The second-order valence-corrected chi connectivity index (χ2v) is 5.88. The van der Waals surface area contributed by atoms with Gasteiger partial charge in [0.1, 0.15) is 5.75 Å². The number of rotatable bonds is 7. The van der Waals surface area contributed by atoms with Crippen LogP contribution in [0.5, 0.6) is 5.75 Å². The number of benzene rings is 2. The summed E-state index contributed by atoms with van der Waals surface area (Å²) in [5.41, 5.74) is 1.82. The van der Waals surface area contributed by atoms with Crippen LogP contribution in [0.3, 0.4) is 0 Å². The Kier molecular flexibility index (Phi) is 6.23. The lowest BCUT2D eigenvalue weighted by Crippen LogP contribution is -2.12. The number of alkyl halides is 1. The summed E-state index contributed by atoms with van der Waals surface area (Å²) in [5, 5.41) is 0. The highest BCUT2D eigenvalue weighted by atomic mass is 127. The monoisotopic (exact) mass is 394 g/mol. The van der Waals surface area contributed by atoms with E-state index >= 15 is 0 Å². The third-order valence-electron chi connectivity index (χ3n) is 3.41. The van der Waals surface area contributed by atoms with Gasteiger partial charge in [-0.1, -0.05) is 59.8 Å². The number of carbonyl (C=O) groups is 1. The minimum atomic E-state index is -0.0766. The molecule has 0 N–H and O–H groups in total. The van der Waals surface area contributed by atoms with Crippen LogP contribution in [-0.4, -0.2) is 16.8 Å². The Balaban J connectivity index is 2.14. The maximum atomic E-state index is 12.7. The van der Waals surface area contributed by atoms with E-state index < -0.39 is 0 Å². The predicted octanol–water partition coefficient (Wildman–Crippen LogP) is 4.88. The molecule has 0 aliphatic heterocycles. The van der Waals surface area contributed by atoms with Crippen LogP contribution in [-0.2, 0) is 0 Å². The van der Waals surface area contributed by atoms with E-state index in [0.717, 1.165) is 27.7 Å². The molecule has 0 aliphatic carbocycles. The van der Waals surface area contributed by atoms with Crippen molar-refractivity contribution in [2.24, 2.45) is 0 Å². The molecule has 2 rings (SSSR count). The molecule has 0 saturated heterocycles. The molecule has 0 aliphatic rings. The molecule has 0 fully saturated rings. The van der Waals surface area contributed by atoms with Crippen LogP contribution in [0.2, 0.25) is 0 Å². The summed E-state index contributed by atoms with van der Waals surface area (Å²) in [7, 11) is 0. The Labute approximate surface area is 139 Å². The summed E-state index contributed by atoms with van der Waals surface area (Å²) >= 11 is 2.27. The van der Waals surface area contributed by atoms with E-state index in [2.05, 4.69) is 22.6 Å². The largest absolute Gasteiger partial charge is 0.493 e. The van der Waals surface area contributed by atoms with Gasteiger partial charge in [-0.15, -0.1) is 0 Å². The molecule has 2 aromatic carbocycles. The van der Waals surface area contributed by atoms with Gasteiger partial charge in [-0.3, -0.25) is 4.79 Å². The van der Waals surface area contributed by atoms with Crippen molar-refractivity contribution in [1.82, 2.24) is 0 Å². The van der Waals surface area contributed by atoms with E-state index in [1.165, 1.54) is 0 Å². The molecule has 110 valence electrons. The van der Waals surface area contributed by atoms with E-state index in [-0.39, 0.29) is 11.7 Å². The highest BCUT2D eigenvalue weighted by molar-refractivity contribution is 14.1. The molecule has 0 aromatic heterocycles. The average molecular weight is 394 g/mol. The topological polar surface area (TPSA) is 26.3 Å². The van der Waals surface area contributed by atoms with Crippen molar-refractivity contribution in [1.29, 1.82) is 0 Å². The quantitative estimate of drug-likeness (QED) is 0.380. The lowest BCUT2D eigenvalue weighted by Gasteiger charge is -2.14. The van der Waals surface area contributed by atoms with E-state index in [0.29, 0.717) is 6.61 Å². The minimum absolute atomic E-state index is 0.0766. The molecule has 1 unspecified atom stereocenters. The highest BCUT2D eigenvalue weighted by Crippen LogP contribution is 2.25. The van der Waals surface area contributed by atoms with Crippen LogP contribution in [0, 0.1) is 0 Å². The second kappa shape index (κ2) is 8.17. The number of carbonyl (C=O) groups excluding carboxylic acids is 1. The van der Waals surface area contributed by atoms with Gasteiger partial charge in [0.15, 0.2) is 5.78 Å². The van der Waals surface area contributed by atoms with Crippen molar-refractivity contribution in [3.8, 4) is 5.75 Å². The third-order valence-corrected chi connectivity index (χ3v) is 3.85. The molecule has 2 aromatic rings. The fourth-order valence-electron chi connectivity index (χ4n) is 2.33. The summed E-state index contributed by atoms with van der Waals surface area (Å²) in [5.74, 6) is 0.910. The number of hydrogen-bond acceptors (Lipinski definition) is 2. The van der Waals surface area contributed by atoms with E-state index in [4.69, 9.17) is 4.74 Å². The van der Waals surface area contributed by atoms with Gasteiger partial charge in [-0.25, -0.2) is 0 Å². The number of Topliss-reactive ketones (excluding diaryl/α,β-unsaturated/α-hetero) is 1. The van der Waals surface area contributed by atoms with Crippen LogP contribution in [0.25, 0.3) is 0 Å². The Morgan fingerprint density at radius 2 is 1.76 bits per heavy atom. The zero-order chi connectivity index (χ0) is 15.1. The zero-order valence-corrected chi connectivity index (χ0v) is 14.2. The molecular weight excluding hydrogens is 375 g/mol. The average Bonchev–Trinajstić information content (AvgIpc) is 2.55. The fraction of sp³-hybridized carbons (Fsp3) is 0.278. The Bertz CT molecular complexity index is 564. The van der Waals surface area contributed by atoms with Gasteiger partial charge in [0.2, 0.25) is 0 Å². The summed E-state index contributed by atoms with van der Waals surface area (Å²) < 4.78 is 6.49. The predicted molar refractivity (Wildman–Crippen MR) is 94.6 cm³/mol. The Morgan fingerprint density at radius 1 is 1.10 bits per heavy atom. The SMILES string of the molecule is CCC(C(=O)c1ccc(OCCI)cc1)c1ccccc1. The number of ketones is 1. The van der Waals surface area contributed by atoms with Gasteiger partial charge in [0.05, 0.1) is 6.61 Å². The normalized spacial score (nSPS) is 11.9. The van der Waals surface area contributed by atoms with Crippen molar-refractivity contribution in [2.45, 2.75) is 19.3 Å². The number of hydrogen-bond donors (Lipinski definition) is 0. The van der Waals surface area contributed by atoms with Gasteiger partial charge in [0.25, 0.3) is 0 Å². The molecule has 0 spiro atoms. The smallest absolute Gasteiger partial charge is 0.170 e. The summed E-state index contributed by atoms with van der Waals surface area (Å²) in [4.78, 5) is 12.7. The first-order valence-corrected chi connectivity index (χ1v) is 8.66. The van der Waals surface area contributed by atoms with Gasteiger partial charge in [-0.2, -0.15) is 0 Å². The molecule has 0 heterocycles. The first-order valence-electron chi connectivity index (χ1n) is 7.14. The van der Waals surface area contributed by atoms with Crippen LogP contribution in [0.1, 0.15) is 35.2 Å². The van der Waals surface area contributed by atoms with Crippen LogP contribution >= 0.6 is 22.6 Å². The molecule has 2 nitrogen and oxygen atoms in total. The lowest BCUT2D eigenvalue weighted by atomic mass is 9.89. The maximum absolute atomic E-state index is 12.7. The van der Waals surface area contributed by atoms with Crippen molar-refractivity contribution < 1.29 is 9.53 Å². The van der Waals surface area contributed by atoms with E-state index in [1.54, 1.807) is 0 Å². The van der Waals surface area contributed by atoms with Gasteiger partial charge < -0.3 is 4.74 Å². The standard InChI is InChI=1S/C18H19IO2/c1-2-17(14-6-4-3-5-7-14)18(20)15-8-10-16(11-9-15)21-13-12-19/h3-11,17H,2,12-13H2,1H3. The number of halogens is 1. The first-order chi connectivity index (χ1) is 10.3. The van der Waals surface area contributed by atoms with Crippen molar-refractivity contribution in [2.75, 3.05) is 11.0 Å². The van der Waals surface area contributed by atoms with Crippen molar-refractivity contribution in [3.05, 3.63) is 65.7 Å². The summed E-state index contributed by atoms with van der Waals surface area (Å²) in [6.07, 6.45) is 0.802. The molecule has 0 saturated carbocycles. The molecule has 1 atom stereocenters. The van der Waals surface area contributed by atoms with E-state index in [9.17, 15) is 4.79 Å². The van der Waals surface area contributed by atoms with Gasteiger partial charge in [0, 0.05) is 15.9 Å². The molecule has 0 bridgehead atoms. The molecule has 3 heteroatoms. The van der Waals surface area contributed by atoms with Crippen LogP contribution in [0.15, 0.2) is 54.6 Å². The Hall–Kier alpha value is -1.36. The van der Waals surface area contributed by atoms with Crippen molar-refractivity contribution in [3.63, 3.8) is 0 Å². The summed E-state index contributed by atoms with van der Waals surface area (Å²) in [6, 6.07) is 17.4. The van der Waals surface area contributed by atoms with Crippen LogP contribution in [0.4, 0.5) is 0 Å². The third kappa shape index (κ3) is 4.30. The molecule has 0 amide bonds. The lowest BCUT2D eigenvalue weighted by molar-refractivity contribution is 0.0957. The number of ether oxygens (including phenoxy) is 1. The molecule has 0 radical (unpaired) electrons. The maximum Gasteiger partial charge on any atom is 0.170 e. The van der Waals surface area contributed by atoms with Gasteiger partial charge in [-0.05, 0) is 36.2 Å². The molecular formula is C18H19IO2. The van der Waals surface area contributed by atoms with Crippen molar-refractivity contribution >= 4 is 28.4 Å². The van der Waals surface area contributed by atoms with Gasteiger partial charge >= 0.3 is 0 Å². The van der Waals surface area contributed by atoms with E-state index in [1.807, 2.05) is 61.5 Å². The molecule has 21 heavy (non-hydrogen) atoms.